The molecule has 0 bridgehead atoms. The van der Waals surface area contributed by atoms with Gasteiger partial charge in [0.15, 0.2) is 10.7 Å². The molecule has 0 radical (unpaired) electrons. The number of aromatic nitrogens is 4. The first-order valence-electron chi connectivity index (χ1n) is 12.1. The number of hydrogen-bond donors (Lipinski definition) is 0. The Balaban J connectivity index is 1.54. The monoisotopic (exact) mass is 558 g/mol. The minimum absolute atomic E-state index is 0.221. The van der Waals surface area contributed by atoms with Crippen LogP contribution in [0, 0.1) is 36.9 Å². The standard InChI is InChI=1S/C30H10F4N8/c1-35-41-27-19-7-13(15-9-21(31)37-22(32)10-15)3-5-17(19)25-29(27)39-26-18-6-4-14(16-11-23(33)38-24(34)12-16)8-20(18)28(42-36-2)30(26)40-25/h3-12H/b41-27-,42-28+. The first-order chi connectivity index (χ1) is 20.3. The predicted octanol–water partition coefficient (Wildman–Crippen LogP) is 6.12. The maximum atomic E-state index is 13.8. The van der Waals surface area contributed by atoms with Crippen LogP contribution < -0.4 is 10.7 Å². The fraction of sp³-hybridized carbons (Fsp3) is 0. The summed E-state index contributed by atoms with van der Waals surface area (Å²) in [7, 11) is 0. The minimum atomic E-state index is -0.976. The first-order valence-corrected chi connectivity index (χ1v) is 12.1. The largest absolute Gasteiger partial charge is 0.241 e. The number of nitrogens with zero attached hydrogens (tertiary/aromatic N) is 8. The molecule has 0 amide bonds. The number of hydrogen-bond acceptors (Lipinski definition) is 6. The Bertz CT molecular complexity index is 2280. The number of pyridine rings is 2. The van der Waals surface area contributed by atoms with Gasteiger partial charge in [-0.3, -0.25) is 0 Å². The van der Waals surface area contributed by atoms with E-state index in [4.69, 9.17) is 23.1 Å². The van der Waals surface area contributed by atoms with Crippen molar-refractivity contribution in [2.75, 3.05) is 0 Å². The molecule has 7 aromatic rings. The number of halogens is 4. The van der Waals surface area contributed by atoms with Crippen LogP contribution in [-0.2, 0) is 0 Å². The molecule has 0 unspecified atom stereocenters. The second-order valence-corrected chi connectivity index (χ2v) is 9.24. The lowest BCUT2D eigenvalue weighted by Crippen LogP contribution is -2.02. The normalized spacial score (nSPS) is 12.5. The molecule has 0 fully saturated rings. The third-order valence-electron chi connectivity index (χ3n) is 6.90. The van der Waals surface area contributed by atoms with Crippen LogP contribution >= 0.6 is 0 Å². The van der Waals surface area contributed by atoms with Gasteiger partial charge in [0.25, 0.3) is 0 Å². The van der Waals surface area contributed by atoms with E-state index in [2.05, 4.69) is 30.1 Å². The van der Waals surface area contributed by atoms with E-state index in [0.717, 1.165) is 24.3 Å². The highest BCUT2D eigenvalue weighted by Gasteiger charge is 2.21. The van der Waals surface area contributed by atoms with Crippen LogP contribution in [0.3, 0.4) is 0 Å². The molecule has 42 heavy (non-hydrogen) atoms. The van der Waals surface area contributed by atoms with Gasteiger partial charge in [-0.15, -0.1) is 9.91 Å². The molecule has 0 aliphatic rings. The van der Waals surface area contributed by atoms with Gasteiger partial charge in [-0.25, -0.2) is 9.97 Å². The molecule has 0 aliphatic carbocycles. The van der Waals surface area contributed by atoms with Crippen LogP contribution in [0.15, 0.2) is 70.9 Å². The molecule has 4 aromatic carbocycles. The van der Waals surface area contributed by atoms with Gasteiger partial charge in [-0.1, -0.05) is 24.3 Å². The van der Waals surface area contributed by atoms with Crippen molar-refractivity contribution >= 4 is 43.6 Å². The molecule has 0 saturated carbocycles. The highest BCUT2D eigenvalue weighted by Crippen LogP contribution is 2.32. The Kier molecular flexibility index (Phi) is 5.46. The average molecular weight is 558 g/mol. The van der Waals surface area contributed by atoms with Crippen LogP contribution in [-0.4, -0.2) is 19.9 Å². The minimum Gasteiger partial charge on any atom is -0.241 e. The van der Waals surface area contributed by atoms with Gasteiger partial charge in [0.05, 0.1) is 21.2 Å². The summed E-state index contributed by atoms with van der Waals surface area (Å²) in [4.78, 5) is 22.3. The summed E-state index contributed by atoms with van der Waals surface area (Å²) in [6, 6.07) is 14.3. The van der Waals surface area contributed by atoms with Gasteiger partial charge >= 0.3 is 0 Å². The Morgan fingerprint density at radius 1 is 0.452 bits per heavy atom. The fourth-order valence-electron chi connectivity index (χ4n) is 5.21. The highest BCUT2D eigenvalue weighted by atomic mass is 19.1. The molecule has 0 spiro atoms. The van der Waals surface area contributed by atoms with Crippen LogP contribution in [0.2, 0.25) is 0 Å². The van der Waals surface area contributed by atoms with E-state index in [9.17, 15) is 17.6 Å². The van der Waals surface area contributed by atoms with Gasteiger partial charge in [0.2, 0.25) is 23.8 Å². The van der Waals surface area contributed by atoms with Crippen molar-refractivity contribution in [2.45, 2.75) is 0 Å². The SMILES string of the molecule is [C-]#[N+]/N=c1/c2cc(-c3cc(F)nc(F)c3)ccc2c2nc3/c(=N/[N+]#[C-])c4cc(-c5cc(F)nc(F)c5)ccc4c3nc12. The molecular formula is C30H10F4N8. The molecule has 0 N–H and O–H groups in total. The van der Waals surface area contributed by atoms with Gasteiger partial charge < -0.3 is 0 Å². The van der Waals surface area contributed by atoms with Crippen molar-refractivity contribution in [1.82, 2.24) is 19.9 Å². The summed E-state index contributed by atoms with van der Waals surface area (Å²) in [5.74, 6) is -3.90. The third-order valence-corrected chi connectivity index (χ3v) is 6.90. The molecule has 3 heterocycles. The Morgan fingerprint density at radius 3 is 1.19 bits per heavy atom. The van der Waals surface area contributed by atoms with E-state index in [0.29, 0.717) is 54.7 Å². The fourth-order valence-corrected chi connectivity index (χ4v) is 5.21. The zero-order valence-electron chi connectivity index (χ0n) is 20.9. The number of fused-ring (bicyclic) bond motifs is 6. The third kappa shape index (κ3) is 3.82. The quantitative estimate of drug-likeness (QED) is 0.111. The maximum absolute atomic E-state index is 13.8. The number of benzene rings is 2. The summed E-state index contributed by atoms with van der Waals surface area (Å²) >= 11 is 0. The summed E-state index contributed by atoms with van der Waals surface area (Å²) in [6.07, 6.45) is 0. The zero-order chi connectivity index (χ0) is 29.1. The molecule has 7 rings (SSSR count). The molecule has 0 aliphatic heterocycles. The topological polar surface area (TPSA) is 85.0 Å². The van der Waals surface area contributed by atoms with Crippen molar-refractivity contribution < 1.29 is 17.6 Å². The van der Waals surface area contributed by atoms with E-state index >= 15 is 0 Å². The van der Waals surface area contributed by atoms with Crippen molar-refractivity contribution in [3.8, 4) is 22.3 Å². The maximum Gasteiger partial charge on any atom is 0.216 e. The van der Waals surface area contributed by atoms with Gasteiger partial charge in [-0.05, 0) is 34.4 Å². The van der Waals surface area contributed by atoms with Crippen LogP contribution in [0.1, 0.15) is 0 Å². The second kappa shape index (κ2) is 9.21. The van der Waals surface area contributed by atoms with E-state index in [1.165, 1.54) is 0 Å². The van der Waals surface area contributed by atoms with Crippen molar-refractivity contribution in [1.29, 1.82) is 0 Å². The lowest BCUT2D eigenvalue weighted by Gasteiger charge is -2.02. The Hall–Kier alpha value is -6.14. The molecule has 198 valence electrons. The van der Waals surface area contributed by atoms with Crippen molar-refractivity contribution in [3.05, 3.63) is 118 Å². The van der Waals surface area contributed by atoms with E-state index in [1.54, 1.807) is 36.4 Å². The second-order valence-electron chi connectivity index (χ2n) is 9.24. The molecule has 0 saturated heterocycles. The summed E-state index contributed by atoms with van der Waals surface area (Å²) in [5.41, 5.74) is 2.79. The Morgan fingerprint density at radius 2 is 0.833 bits per heavy atom. The number of rotatable bonds is 2. The molecule has 0 atom stereocenters. The molecular weight excluding hydrogens is 548 g/mol. The van der Waals surface area contributed by atoms with Gasteiger partial charge in [0.1, 0.15) is 11.0 Å². The summed E-state index contributed by atoms with van der Waals surface area (Å²) < 4.78 is 55.2. The summed E-state index contributed by atoms with van der Waals surface area (Å²) in [5, 5.41) is 10.5. The van der Waals surface area contributed by atoms with Crippen LogP contribution in [0.25, 0.3) is 75.8 Å². The van der Waals surface area contributed by atoms with E-state index in [1.807, 2.05) is 0 Å². The lowest BCUT2D eigenvalue weighted by atomic mass is 10.0. The molecule has 8 nitrogen and oxygen atoms in total. The predicted molar refractivity (Wildman–Crippen MR) is 145 cm³/mol. The summed E-state index contributed by atoms with van der Waals surface area (Å²) in [6.45, 7) is 14.8. The van der Waals surface area contributed by atoms with Crippen molar-refractivity contribution in [3.63, 3.8) is 0 Å². The van der Waals surface area contributed by atoms with E-state index < -0.39 is 23.8 Å². The van der Waals surface area contributed by atoms with Crippen LogP contribution in [0.4, 0.5) is 17.6 Å². The molecule has 12 heteroatoms. The van der Waals surface area contributed by atoms with Crippen LogP contribution in [0.5, 0.6) is 0 Å². The van der Waals surface area contributed by atoms with Crippen molar-refractivity contribution in [2.24, 2.45) is 10.2 Å². The smallest absolute Gasteiger partial charge is 0.216 e. The zero-order valence-corrected chi connectivity index (χ0v) is 20.9. The molecule has 3 aromatic heterocycles. The van der Waals surface area contributed by atoms with E-state index in [-0.39, 0.29) is 21.8 Å². The van der Waals surface area contributed by atoms with Gasteiger partial charge in [0, 0.05) is 45.8 Å². The highest BCUT2D eigenvalue weighted by molar-refractivity contribution is 6.15. The first kappa shape index (κ1) is 24.9. The Labute approximate surface area is 231 Å². The average Bonchev–Trinajstić information content (AvgIpc) is 3.42. The van der Waals surface area contributed by atoms with Gasteiger partial charge in [-0.2, -0.15) is 40.7 Å². The lowest BCUT2D eigenvalue weighted by molar-refractivity contribution is 0.512.